The maximum Gasteiger partial charge on any atom is 0.0259 e. The summed E-state index contributed by atoms with van der Waals surface area (Å²) in [6.45, 7) is 12.1. The number of hydrogen-bond donors (Lipinski definition) is 2. The van der Waals surface area contributed by atoms with Crippen molar-refractivity contribution in [2.45, 2.75) is 27.3 Å². The molecular weight excluding hydrogens is 366 g/mol. The molecule has 1 heterocycles. The van der Waals surface area contributed by atoms with Gasteiger partial charge in [0.15, 0.2) is 0 Å². The Morgan fingerprint density at radius 3 is 2.30 bits per heavy atom. The van der Waals surface area contributed by atoms with Crippen molar-refractivity contribution < 1.29 is 0 Å². The second-order valence-corrected chi connectivity index (χ2v) is 7.62. The third kappa shape index (κ3) is 6.29. The lowest BCUT2D eigenvalue weighted by Gasteiger charge is -2.27. The predicted octanol–water partition coefficient (Wildman–Crippen LogP) is 5.10. The molecule has 2 N–H and O–H groups in total. The van der Waals surface area contributed by atoms with Crippen molar-refractivity contribution in [3.63, 3.8) is 0 Å². The van der Waals surface area contributed by atoms with Crippen LogP contribution in [0, 0.1) is 39.0 Å². The molecule has 0 amide bonds. The van der Waals surface area contributed by atoms with Gasteiger partial charge in [0.05, 0.1) is 0 Å². The summed E-state index contributed by atoms with van der Waals surface area (Å²) in [7, 11) is 0. The molecular formula is C27H33N3. The first kappa shape index (κ1) is 23.3. The molecule has 3 aromatic rings. The molecule has 0 saturated carbocycles. The van der Waals surface area contributed by atoms with E-state index in [9.17, 15) is 0 Å². The van der Waals surface area contributed by atoms with Gasteiger partial charge in [-0.15, -0.1) is 12.8 Å². The van der Waals surface area contributed by atoms with Crippen LogP contribution in [0.3, 0.4) is 0 Å². The molecule has 30 heavy (non-hydrogen) atoms. The van der Waals surface area contributed by atoms with Crippen LogP contribution < -0.4 is 5.32 Å². The quantitative estimate of drug-likeness (QED) is 0.475. The molecule has 1 saturated heterocycles. The Hall–Kier alpha value is -2.93. The van der Waals surface area contributed by atoms with Gasteiger partial charge in [0.25, 0.3) is 0 Å². The van der Waals surface area contributed by atoms with E-state index in [1.807, 2.05) is 19.1 Å². The lowest BCUT2D eigenvalue weighted by molar-refractivity contribution is 0.233. The standard InChI is InChI=1S/C13H20N2.C12H11N.C2H2/c1-11-3-4-13(12(2)9-11)10-15-7-5-14-6-8-15;1-9-6-7-10-4-2-3-5-11(10)12(9)8-13;1-2/h3-4,9,14H,5-8,10H2,1-2H3;2-8,13H,1H3;1-2H. The van der Waals surface area contributed by atoms with Gasteiger partial charge >= 0.3 is 0 Å². The summed E-state index contributed by atoms with van der Waals surface area (Å²) in [5, 5.41) is 13.1. The van der Waals surface area contributed by atoms with E-state index < -0.39 is 0 Å². The largest absolute Gasteiger partial charge is 0.314 e. The minimum atomic E-state index is 1.03. The molecule has 0 atom stereocenters. The van der Waals surface area contributed by atoms with Gasteiger partial charge in [0.1, 0.15) is 0 Å². The molecule has 0 aliphatic carbocycles. The van der Waals surface area contributed by atoms with Gasteiger partial charge < -0.3 is 10.7 Å². The Bertz CT molecular complexity index is 982. The third-order valence-electron chi connectivity index (χ3n) is 5.43. The molecule has 0 radical (unpaired) electrons. The molecule has 0 aromatic heterocycles. The molecule has 4 rings (SSSR count). The van der Waals surface area contributed by atoms with E-state index in [1.54, 1.807) is 0 Å². The van der Waals surface area contributed by atoms with Crippen LogP contribution in [-0.2, 0) is 6.54 Å². The number of hydrogen-bond acceptors (Lipinski definition) is 3. The molecule has 156 valence electrons. The smallest absolute Gasteiger partial charge is 0.0259 e. The zero-order valence-corrected chi connectivity index (χ0v) is 18.4. The molecule has 3 aromatic carbocycles. The van der Waals surface area contributed by atoms with Gasteiger partial charge in [-0.1, -0.05) is 60.2 Å². The van der Waals surface area contributed by atoms with Crippen molar-refractivity contribution in [1.29, 1.82) is 5.41 Å². The summed E-state index contributed by atoms with van der Waals surface area (Å²) in [5.41, 5.74) is 6.44. The van der Waals surface area contributed by atoms with E-state index in [2.05, 4.69) is 79.4 Å². The van der Waals surface area contributed by atoms with Crippen LogP contribution in [0.15, 0.2) is 54.6 Å². The van der Waals surface area contributed by atoms with Crippen LogP contribution in [0.1, 0.15) is 27.8 Å². The molecule has 1 aliphatic rings. The average molecular weight is 400 g/mol. The van der Waals surface area contributed by atoms with Gasteiger partial charge in [0, 0.05) is 44.5 Å². The van der Waals surface area contributed by atoms with E-state index in [0.29, 0.717) is 0 Å². The molecule has 0 bridgehead atoms. The lowest BCUT2D eigenvalue weighted by Crippen LogP contribution is -2.42. The number of piperazine rings is 1. The van der Waals surface area contributed by atoms with Crippen LogP contribution in [0.4, 0.5) is 0 Å². The van der Waals surface area contributed by atoms with E-state index in [1.165, 1.54) is 41.4 Å². The maximum atomic E-state index is 7.34. The summed E-state index contributed by atoms with van der Waals surface area (Å²) in [5.74, 6) is 0. The Kier molecular flexibility index (Phi) is 9.28. The topological polar surface area (TPSA) is 39.1 Å². The highest BCUT2D eigenvalue weighted by Crippen LogP contribution is 2.20. The Balaban J connectivity index is 0.000000199. The van der Waals surface area contributed by atoms with Gasteiger partial charge in [-0.2, -0.15) is 0 Å². The summed E-state index contributed by atoms with van der Waals surface area (Å²) in [6, 6.07) is 19.1. The van der Waals surface area contributed by atoms with Gasteiger partial charge in [0.2, 0.25) is 0 Å². The molecule has 3 heteroatoms. The van der Waals surface area contributed by atoms with Crippen LogP contribution in [0.5, 0.6) is 0 Å². The van der Waals surface area contributed by atoms with Crippen LogP contribution in [0.2, 0.25) is 0 Å². The lowest BCUT2D eigenvalue weighted by atomic mass is 10.0. The van der Waals surface area contributed by atoms with Crippen molar-refractivity contribution in [3.05, 3.63) is 82.4 Å². The second kappa shape index (κ2) is 11.9. The average Bonchev–Trinajstić information content (AvgIpc) is 2.78. The fourth-order valence-electron chi connectivity index (χ4n) is 3.73. The Morgan fingerprint density at radius 2 is 1.63 bits per heavy atom. The highest BCUT2D eigenvalue weighted by atomic mass is 15.2. The number of rotatable bonds is 3. The number of fused-ring (bicyclic) bond motifs is 1. The first-order valence-electron chi connectivity index (χ1n) is 10.4. The highest BCUT2D eigenvalue weighted by Gasteiger charge is 2.10. The zero-order chi connectivity index (χ0) is 21.9. The van der Waals surface area contributed by atoms with Gasteiger partial charge in [-0.3, -0.25) is 4.90 Å². The van der Waals surface area contributed by atoms with Crippen molar-refractivity contribution in [1.82, 2.24) is 10.2 Å². The Labute approximate surface area is 181 Å². The zero-order valence-electron chi connectivity index (χ0n) is 18.4. The Morgan fingerprint density at radius 1 is 0.933 bits per heavy atom. The van der Waals surface area contributed by atoms with Crippen LogP contribution in [0.25, 0.3) is 10.8 Å². The molecule has 0 spiro atoms. The number of nitrogens with one attached hydrogen (secondary N) is 2. The predicted molar refractivity (Wildman–Crippen MR) is 131 cm³/mol. The maximum absolute atomic E-state index is 7.34. The number of nitrogens with zero attached hydrogens (tertiary/aromatic N) is 1. The fourth-order valence-corrected chi connectivity index (χ4v) is 3.73. The van der Waals surface area contributed by atoms with Crippen molar-refractivity contribution in [3.8, 4) is 12.8 Å². The molecule has 0 unspecified atom stereocenters. The van der Waals surface area contributed by atoms with Crippen molar-refractivity contribution in [2.24, 2.45) is 0 Å². The van der Waals surface area contributed by atoms with E-state index in [-0.39, 0.29) is 0 Å². The van der Waals surface area contributed by atoms with Crippen molar-refractivity contribution >= 4 is 17.0 Å². The number of terminal acetylenes is 1. The monoisotopic (exact) mass is 399 g/mol. The minimum Gasteiger partial charge on any atom is -0.314 e. The van der Waals surface area contributed by atoms with E-state index >= 15 is 0 Å². The number of aryl methyl sites for hydroxylation is 3. The van der Waals surface area contributed by atoms with Crippen molar-refractivity contribution in [2.75, 3.05) is 26.2 Å². The first-order valence-corrected chi connectivity index (χ1v) is 10.4. The highest BCUT2D eigenvalue weighted by molar-refractivity contribution is 6.00. The molecule has 1 fully saturated rings. The van der Waals surface area contributed by atoms with Crippen LogP contribution >= 0.6 is 0 Å². The fraction of sp³-hybridized carbons (Fsp3) is 0.296. The van der Waals surface area contributed by atoms with E-state index in [0.717, 1.165) is 36.1 Å². The van der Waals surface area contributed by atoms with Gasteiger partial charge in [-0.05, 0) is 48.2 Å². The minimum absolute atomic E-state index is 1.03. The summed E-state index contributed by atoms with van der Waals surface area (Å²) in [4.78, 5) is 2.52. The second-order valence-electron chi connectivity index (χ2n) is 7.62. The van der Waals surface area contributed by atoms with Crippen LogP contribution in [-0.4, -0.2) is 37.3 Å². The summed E-state index contributed by atoms with van der Waals surface area (Å²) < 4.78 is 0. The SMILES string of the molecule is C#C.Cc1ccc(CN2CCNCC2)c(C)c1.Cc1ccc2ccccc2c1C=N. The summed E-state index contributed by atoms with van der Waals surface area (Å²) >= 11 is 0. The van der Waals surface area contributed by atoms with E-state index in [4.69, 9.17) is 5.41 Å². The third-order valence-corrected chi connectivity index (χ3v) is 5.43. The summed E-state index contributed by atoms with van der Waals surface area (Å²) in [6.07, 6.45) is 9.43. The van der Waals surface area contributed by atoms with Gasteiger partial charge in [-0.25, -0.2) is 0 Å². The normalized spacial score (nSPS) is 13.5. The molecule has 1 aliphatic heterocycles. The first-order chi connectivity index (χ1) is 14.6. The molecule has 3 nitrogen and oxygen atoms in total. The number of benzene rings is 3.